The van der Waals surface area contributed by atoms with Crippen molar-refractivity contribution in [1.29, 1.82) is 0 Å². The molecule has 0 amide bonds. The van der Waals surface area contributed by atoms with Crippen LogP contribution in [0.15, 0.2) is 0 Å². The van der Waals surface area contributed by atoms with Crippen LogP contribution in [0.2, 0.25) is 0 Å². The predicted molar refractivity (Wildman–Crippen MR) is 158 cm³/mol. The summed E-state index contributed by atoms with van der Waals surface area (Å²) in [4.78, 5) is 0. The van der Waals surface area contributed by atoms with Gasteiger partial charge in [-0.15, -0.1) is 0 Å². The van der Waals surface area contributed by atoms with Crippen LogP contribution < -0.4 is 69.6 Å². The minimum Gasteiger partial charge on any atom is -0.632 e. The van der Waals surface area contributed by atoms with Crippen molar-refractivity contribution >= 4 is 0 Å². The molecule has 5 saturated heterocycles. The molecule has 5 aliphatic heterocycles. The molecule has 10 heteroatoms. The Morgan fingerprint density at radius 1 is 0.286 bits per heavy atom. The molecule has 9 rings (SSSR count). The molecule has 0 spiro atoms. The van der Waals surface area contributed by atoms with Crippen LogP contribution in [-0.4, -0.2) is 49.3 Å². The van der Waals surface area contributed by atoms with Crippen LogP contribution in [0.4, 0.5) is 0 Å². The van der Waals surface area contributed by atoms with E-state index in [1.807, 2.05) is 0 Å². The Balaban J connectivity index is 0.00000144. The van der Waals surface area contributed by atoms with E-state index in [0.717, 1.165) is 0 Å². The third-order valence-electron chi connectivity index (χ3n) is 13.6. The first kappa shape index (κ1) is 31.5. The Hall–Kier alpha value is 0.875. The first-order valence-electron chi connectivity index (χ1n) is 17.8. The molecule has 4 saturated carbocycles. The van der Waals surface area contributed by atoms with Crippen molar-refractivity contribution in [3.8, 4) is 0 Å². The summed E-state index contributed by atoms with van der Waals surface area (Å²) < 4.78 is 0. The van der Waals surface area contributed by atoms with E-state index in [2.05, 4.69) is 31.9 Å². The van der Waals surface area contributed by atoms with Crippen molar-refractivity contribution < 1.29 is 37.7 Å². The van der Waals surface area contributed by atoms with Gasteiger partial charge in [-0.2, -0.15) is 0 Å². The molecule has 4 aliphatic carbocycles. The summed E-state index contributed by atoms with van der Waals surface area (Å²) in [6, 6.07) is 0. The molecular formula is C32H54Li2N8. The monoisotopic (exact) mass is 564 g/mol. The fourth-order valence-corrected chi connectivity index (χ4v) is 11.7. The summed E-state index contributed by atoms with van der Waals surface area (Å²) in [6.45, 7) is 0. The molecule has 0 aromatic heterocycles. The molecule has 0 aromatic carbocycles. The van der Waals surface area contributed by atoms with Gasteiger partial charge in [0.15, 0.2) is 0 Å². The first-order chi connectivity index (χ1) is 19.8. The van der Waals surface area contributed by atoms with Gasteiger partial charge in [0.1, 0.15) is 0 Å². The van der Waals surface area contributed by atoms with E-state index in [4.69, 9.17) is 10.6 Å². The second kappa shape index (κ2) is 13.2. The van der Waals surface area contributed by atoms with Gasteiger partial charge >= 0.3 is 37.7 Å². The number of fused-ring (bicyclic) bond motifs is 20. The first-order valence-corrected chi connectivity index (χ1v) is 17.8. The number of rotatable bonds is 0. The van der Waals surface area contributed by atoms with Gasteiger partial charge in [0.25, 0.3) is 0 Å². The molecule has 224 valence electrons. The van der Waals surface area contributed by atoms with E-state index in [-0.39, 0.29) is 62.4 Å². The average Bonchev–Trinajstić information content (AvgIpc) is 3.73. The maximum Gasteiger partial charge on any atom is 1.00 e. The molecule has 16 atom stereocenters. The molecular weight excluding hydrogens is 510 g/mol. The number of hydrogen-bond acceptors (Lipinski definition) is 6. The predicted octanol–water partition coefficient (Wildman–Crippen LogP) is -1.82. The van der Waals surface area contributed by atoms with E-state index in [1.165, 1.54) is 103 Å². The zero-order valence-corrected chi connectivity index (χ0v) is 26.4. The molecule has 42 heavy (non-hydrogen) atoms. The van der Waals surface area contributed by atoms with Gasteiger partial charge in [0, 0.05) is 0 Å². The SMILES string of the molecule is C1CCC2C3[N-]C(NC4NC(NC5[N-]C(NC6NC(N3)C3CCCCC63)C3CCCCC53)C3CCCCC43)C2C1.[Li+].[Li+]. The van der Waals surface area contributed by atoms with Crippen LogP contribution in [0.3, 0.4) is 0 Å². The Morgan fingerprint density at radius 3 is 0.738 bits per heavy atom. The van der Waals surface area contributed by atoms with Crippen LogP contribution in [-0.2, 0) is 0 Å². The minimum atomic E-state index is 0. The number of hydrogen-bond donors (Lipinski definition) is 6. The third-order valence-corrected chi connectivity index (χ3v) is 13.6. The van der Waals surface area contributed by atoms with Crippen molar-refractivity contribution in [3.63, 3.8) is 0 Å². The molecule has 5 heterocycles. The molecule has 16 unspecified atom stereocenters. The van der Waals surface area contributed by atoms with E-state index in [9.17, 15) is 0 Å². The van der Waals surface area contributed by atoms with Crippen molar-refractivity contribution in [1.82, 2.24) is 31.9 Å². The maximum atomic E-state index is 5.61. The third kappa shape index (κ3) is 5.48. The summed E-state index contributed by atoms with van der Waals surface area (Å²) in [7, 11) is 0. The van der Waals surface area contributed by atoms with Crippen LogP contribution in [0.5, 0.6) is 0 Å². The summed E-state index contributed by atoms with van der Waals surface area (Å²) in [5.74, 6) is 5.59. The van der Waals surface area contributed by atoms with Crippen molar-refractivity contribution in [3.05, 3.63) is 10.6 Å². The Labute approximate surface area is 278 Å². The Bertz CT molecular complexity index is 721. The zero-order chi connectivity index (χ0) is 26.2. The van der Waals surface area contributed by atoms with E-state index >= 15 is 0 Å². The summed E-state index contributed by atoms with van der Waals surface area (Å²) in [5.41, 5.74) is 0. The minimum absolute atomic E-state index is 0. The second-order valence-corrected chi connectivity index (χ2v) is 15.4. The number of nitrogens with zero attached hydrogens (tertiary/aromatic N) is 2. The van der Waals surface area contributed by atoms with Gasteiger partial charge in [-0.1, -0.05) is 102 Å². The van der Waals surface area contributed by atoms with Gasteiger partial charge in [-0.05, 0) is 73.0 Å². The van der Waals surface area contributed by atoms with Crippen LogP contribution in [0.25, 0.3) is 10.6 Å². The number of nitrogens with one attached hydrogen (secondary N) is 6. The van der Waals surface area contributed by atoms with Crippen molar-refractivity contribution in [2.45, 2.75) is 152 Å². The summed E-state index contributed by atoms with van der Waals surface area (Å²) in [6.07, 6.45) is 24.5. The molecule has 8 bridgehead atoms. The topological polar surface area (TPSA) is 100 Å². The zero-order valence-electron chi connectivity index (χ0n) is 26.4. The summed E-state index contributed by atoms with van der Waals surface area (Å²) >= 11 is 0. The molecule has 9 fully saturated rings. The van der Waals surface area contributed by atoms with E-state index in [1.54, 1.807) is 0 Å². The van der Waals surface area contributed by atoms with Crippen LogP contribution in [0.1, 0.15) is 103 Å². The molecule has 0 radical (unpaired) electrons. The van der Waals surface area contributed by atoms with Gasteiger partial charge in [0.05, 0.1) is 24.7 Å². The van der Waals surface area contributed by atoms with Crippen LogP contribution in [0, 0.1) is 47.3 Å². The second-order valence-electron chi connectivity index (χ2n) is 15.4. The fraction of sp³-hybridized carbons (Fsp3) is 1.00. The maximum absolute atomic E-state index is 5.61. The smallest absolute Gasteiger partial charge is 0.632 e. The standard InChI is InChI=1S/C32H54N8.2Li/c1-2-10-18-17(9-1)25-33-26(18)38-28-21-13-5-6-14-22(21)30(35-28)40-32-24-16-8-7-15-23(24)31(36-32)39-29-20-12-4-3-11-19(20)27(34-29)37-25;;/h17-33,36-40H,1-16H2;;/q-2;2*+1. The van der Waals surface area contributed by atoms with E-state index < -0.39 is 0 Å². The van der Waals surface area contributed by atoms with Gasteiger partial charge in [0.2, 0.25) is 0 Å². The van der Waals surface area contributed by atoms with Crippen molar-refractivity contribution in [2.24, 2.45) is 47.3 Å². The van der Waals surface area contributed by atoms with Crippen molar-refractivity contribution in [2.75, 3.05) is 0 Å². The quantitative estimate of drug-likeness (QED) is 0.194. The van der Waals surface area contributed by atoms with Crippen LogP contribution >= 0.6 is 0 Å². The molecule has 9 aliphatic rings. The largest absolute Gasteiger partial charge is 1.00 e. The Kier molecular flexibility index (Phi) is 9.87. The van der Waals surface area contributed by atoms with Gasteiger partial charge < -0.3 is 31.9 Å². The summed E-state index contributed by atoms with van der Waals surface area (Å²) in [5, 5.41) is 36.3. The van der Waals surface area contributed by atoms with Gasteiger partial charge in [-0.3, -0.25) is 10.6 Å². The molecule has 0 aromatic rings. The molecule has 6 N–H and O–H groups in total. The average molecular weight is 565 g/mol. The molecule has 8 nitrogen and oxygen atoms in total. The van der Waals surface area contributed by atoms with E-state index in [0.29, 0.717) is 72.0 Å². The Morgan fingerprint density at radius 2 is 0.500 bits per heavy atom. The normalized spacial score (nSPS) is 54.9. The van der Waals surface area contributed by atoms with Gasteiger partial charge in [-0.25, -0.2) is 0 Å². The fourth-order valence-electron chi connectivity index (χ4n) is 11.7.